The summed E-state index contributed by atoms with van der Waals surface area (Å²) in [6.45, 7) is 0.487. The third kappa shape index (κ3) is 6.48. The predicted molar refractivity (Wildman–Crippen MR) is 142 cm³/mol. The predicted octanol–water partition coefficient (Wildman–Crippen LogP) is 7.93. The average molecular weight is 593 g/mol. The van der Waals surface area contributed by atoms with Crippen LogP contribution in [0.3, 0.4) is 0 Å². The molecule has 0 saturated heterocycles. The summed E-state index contributed by atoms with van der Waals surface area (Å²) in [5.41, 5.74) is -3.53. The van der Waals surface area contributed by atoms with Crippen LogP contribution in [-0.2, 0) is 24.1 Å². The first-order valence-corrected chi connectivity index (χ1v) is 12.5. The van der Waals surface area contributed by atoms with Crippen molar-refractivity contribution in [2.24, 2.45) is 0 Å². The van der Waals surface area contributed by atoms with E-state index in [4.69, 9.17) is 16.3 Å². The largest absolute Gasteiger partial charge is 0.496 e. The highest BCUT2D eigenvalue weighted by atomic mass is 35.5. The highest BCUT2D eigenvalue weighted by Gasteiger charge is 2.42. The Balaban J connectivity index is 1.98. The lowest BCUT2D eigenvalue weighted by Crippen LogP contribution is -2.49. The van der Waals surface area contributed by atoms with Crippen LogP contribution in [0.2, 0.25) is 5.02 Å². The molecule has 0 radical (unpaired) electrons. The minimum Gasteiger partial charge on any atom is -0.496 e. The first-order valence-electron chi connectivity index (χ1n) is 12.2. The fourth-order valence-corrected chi connectivity index (χ4v) is 4.63. The van der Waals surface area contributed by atoms with E-state index in [0.717, 1.165) is 31.4 Å². The van der Waals surface area contributed by atoms with Crippen LogP contribution in [0.15, 0.2) is 85.1 Å². The first kappa shape index (κ1) is 29.9. The summed E-state index contributed by atoms with van der Waals surface area (Å²) in [7, 11) is 1.10. The van der Waals surface area contributed by atoms with E-state index in [1.165, 1.54) is 24.4 Å². The van der Waals surface area contributed by atoms with E-state index in [1.807, 2.05) is 0 Å². The molecule has 0 unspecified atom stereocenters. The van der Waals surface area contributed by atoms with Crippen molar-refractivity contribution in [1.82, 2.24) is 10.3 Å². The molecule has 0 saturated carbocycles. The van der Waals surface area contributed by atoms with Crippen LogP contribution in [-0.4, -0.2) is 18.0 Å². The zero-order valence-electron chi connectivity index (χ0n) is 21.7. The molecule has 0 aliphatic rings. The molecular formula is C30H23ClF6N2O2. The molecule has 0 aliphatic carbocycles. The summed E-state index contributed by atoms with van der Waals surface area (Å²) in [6, 6.07) is 17.2. The summed E-state index contributed by atoms with van der Waals surface area (Å²) in [6.07, 6.45) is -3.66. The maximum atomic E-state index is 14.2. The molecule has 0 fully saturated rings. The highest BCUT2D eigenvalue weighted by Crippen LogP contribution is 2.41. The standard InChI is InChI=1S/C30H23ClF6N2O2/c1-28(33,34)22-14-19(8-11-24(22)32)27(40)39-29(16-18-6-4-3-5-7-18,26-13-10-21(31)17-38-26)20-9-12-25(41-2)23(15-20)30(35,36)37/h3-15,17H,16H2,1-2H3,(H,39,40)/t29-/m0/s1. The van der Waals surface area contributed by atoms with Gasteiger partial charge in [0.1, 0.15) is 17.1 Å². The number of halogens is 7. The number of hydrogen-bond acceptors (Lipinski definition) is 3. The van der Waals surface area contributed by atoms with Gasteiger partial charge >= 0.3 is 6.18 Å². The minimum atomic E-state index is -4.82. The van der Waals surface area contributed by atoms with Crippen molar-refractivity contribution in [2.75, 3.05) is 7.11 Å². The van der Waals surface area contributed by atoms with Crippen LogP contribution in [0.4, 0.5) is 26.3 Å². The molecule has 4 aromatic rings. The van der Waals surface area contributed by atoms with Crippen molar-refractivity contribution < 1.29 is 35.9 Å². The molecule has 214 valence electrons. The van der Waals surface area contributed by atoms with E-state index in [-0.39, 0.29) is 28.3 Å². The molecule has 11 heteroatoms. The van der Waals surface area contributed by atoms with Crippen LogP contribution in [0.1, 0.15) is 45.2 Å². The summed E-state index contributed by atoms with van der Waals surface area (Å²) in [5.74, 6) is -6.21. The fourth-order valence-electron chi connectivity index (χ4n) is 4.52. The van der Waals surface area contributed by atoms with Crippen molar-refractivity contribution >= 4 is 17.5 Å². The molecule has 1 atom stereocenters. The van der Waals surface area contributed by atoms with Gasteiger partial charge in [-0.05, 0) is 53.6 Å². The Morgan fingerprint density at radius 1 is 0.927 bits per heavy atom. The number of rotatable bonds is 8. The van der Waals surface area contributed by atoms with Gasteiger partial charge in [-0.25, -0.2) is 13.2 Å². The maximum Gasteiger partial charge on any atom is 0.419 e. The molecule has 4 rings (SSSR count). The molecule has 3 aromatic carbocycles. The van der Waals surface area contributed by atoms with E-state index in [2.05, 4.69) is 10.3 Å². The number of benzene rings is 3. The van der Waals surface area contributed by atoms with Gasteiger partial charge in [0.25, 0.3) is 11.8 Å². The number of carbonyl (C=O) groups is 1. The van der Waals surface area contributed by atoms with Crippen molar-refractivity contribution in [3.05, 3.63) is 129 Å². The van der Waals surface area contributed by atoms with Gasteiger partial charge in [0.2, 0.25) is 0 Å². The van der Waals surface area contributed by atoms with Crippen molar-refractivity contribution in [2.45, 2.75) is 31.0 Å². The van der Waals surface area contributed by atoms with Crippen LogP contribution in [0.5, 0.6) is 5.75 Å². The topological polar surface area (TPSA) is 51.2 Å². The quantitative estimate of drug-likeness (QED) is 0.211. The van der Waals surface area contributed by atoms with Crippen LogP contribution in [0.25, 0.3) is 0 Å². The Morgan fingerprint density at radius 3 is 2.22 bits per heavy atom. The SMILES string of the molecule is COc1ccc([C@](Cc2ccccc2)(NC(=O)c2ccc(F)c(C(C)(F)F)c2)c2ccc(Cl)cn2)cc1C(F)(F)F. The summed E-state index contributed by atoms with van der Waals surface area (Å²) >= 11 is 6.05. The Kier molecular flexibility index (Phi) is 8.35. The van der Waals surface area contributed by atoms with E-state index in [0.29, 0.717) is 18.6 Å². The lowest BCUT2D eigenvalue weighted by molar-refractivity contribution is -0.138. The van der Waals surface area contributed by atoms with Crippen LogP contribution >= 0.6 is 11.6 Å². The molecule has 0 bridgehead atoms. The Hall–Kier alpha value is -4.05. The Bertz CT molecular complexity index is 1540. The lowest BCUT2D eigenvalue weighted by atomic mass is 9.79. The molecule has 1 heterocycles. The van der Waals surface area contributed by atoms with Gasteiger partial charge in [-0.3, -0.25) is 9.78 Å². The lowest BCUT2D eigenvalue weighted by Gasteiger charge is -2.36. The van der Waals surface area contributed by atoms with E-state index in [9.17, 15) is 31.1 Å². The van der Waals surface area contributed by atoms with Crippen LogP contribution in [0, 0.1) is 5.82 Å². The summed E-state index contributed by atoms with van der Waals surface area (Å²) < 4.78 is 89.6. The number of amides is 1. The van der Waals surface area contributed by atoms with E-state index in [1.54, 1.807) is 30.3 Å². The number of methoxy groups -OCH3 is 1. The van der Waals surface area contributed by atoms with Gasteiger partial charge in [0.15, 0.2) is 0 Å². The Morgan fingerprint density at radius 2 is 1.63 bits per heavy atom. The van der Waals surface area contributed by atoms with Gasteiger partial charge in [-0.1, -0.05) is 48.0 Å². The van der Waals surface area contributed by atoms with Gasteiger partial charge in [-0.15, -0.1) is 0 Å². The Labute approximate surface area is 236 Å². The van der Waals surface area contributed by atoms with Crippen LogP contribution < -0.4 is 10.1 Å². The van der Waals surface area contributed by atoms with Crippen molar-refractivity contribution in [3.8, 4) is 5.75 Å². The van der Waals surface area contributed by atoms with E-state index < -0.39 is 46.2 Å². The van der Waals surface area contributed by atoms with Gasteiger partial charge in [-0.2, -0.15) is 13.2 Å². The number of carbonyl (C=O) groups excluding carboxylic acids is 1. The average Bonchev–Trinajstić information content (AvgIpc) is 2.92. The molecule has 4 nitrogen and oxygen atoms in total. The molecule has 0 spiro atoms. The normalized spacial score (nSPS) is 13.4. The highest BCUT2D eigenvalue weighted by molar-refractivity contribution is 6.30. The monoisotopic (exact) mass is 592 g/mol. The number of ether oxygens (including phenoxy) is 1. The molecule has 0 aliphatic heterocycles. The van der Waals surface area contributed by atoms with Crippen molar-refractivity contribution in [3.63, 3.8) is 0 Å². The zero-order valence-corrected chi connectivity index (χ0v) is 22.5. The third-order valence-electron chi connectivity index (χ3n) is 6.50. The first-order chi connectivity index (χ1) is 19.2. The number of pyridine rings is 1. The van der Waals surface area contributed by atoms with Gasteiger partial charge in [0, 0.05) is 25.1 Å². The molecule has 1 amide bonds. The minimum absolute atomic E-state index is 0.0270. The van der Waals surface area contributed by atoms with Gasteiger partial charge in [0.05, 0.1) is 29.0 Å². The number of nitrogens with one attached hydrogen (secondary N) is 1. The second-order valence-electron chi connectivity index (χ2n) is 9.38. The molecule has 1 aromatic heterocycles. The molecular weight excluding hydrogens is 570 g/mol. The number of hydrogen-bond donors (Lipinski definition) is 1. The zero-order chi connectivity index (χ0) is 30.0. The maximum absolute atomic E-state index is 14.2. The third-order valence-corrected chi connectivity index (χ3v) is 6.73. The second kappa shape index (κ2) is 11.4. The molecule has 41 heavy (non-hydrogen) atoms. The summed E-state index contributed by atoms with van der Waals surface area (Å²) in [4.78, 5) is 18.0. The smallest absolute Gasteiger partial charge is 0.419 e. The van der Waals surface area contributed by atoms with E-state index >= 15 is 0 Å². The fraction of sp³-hybridized carbons (Fsp3) is 0.200. The number of alkyl halides is 5. The number of aromatic nitrogens is 1. The van der Waals surface area contributed by atoms with Gasteiger partial charge < -0.3 is 10.1 Å². The second-order valence-corrected chi connectivity index (χ2v) is 9.82. The van der Waals surface area contributed by atoms with Crippen molar-refractivity contribution in [1.29, 1.82) is 0 Å². The number of nitrogens with zero attached hydrogens (tertiary/aromatic N) is 1. The summed E-state index contributed by atoms with van der Waals surface area (Å²) in [5, 5.41) is 2.97. The molecule has 1 N–H and O–H groups in total.